The summed E-state index contributed by atoms with van der Waals surface area (Å²) in [5.74, 6) is 0.530. The van der Waals surface area contributed by atoms with Crippen molar-refractivity contribution in [2.24, 2.45) is 17.3 Å². The van der Waals surface area contributed by atoms with Crippen LogP contribution in [-0.2, 0) is 14.8 Å². The molecule has 23 heavy (non-hydrogen) atoms. The predicted octanol–water partition coefficient (Wildman–Crippen LogP) is 5.07. The summed E-state index contributed by atoms with van der Waals surface area (Å²) in [6.07, 6.45) is 3.53. The normalized spacial score (nSPS) is 35.8. The Kier molecular flexibility index (Phi) is 3.79. The van der Waals surface area contributed by atoms with Crippen molar-refractivity contribution in [1.82, 2.24) is 0 Å². The summed E-state index contributed by atoms with van der Waals surface area (Å²) in [7, 11) is -1.77. The lowest BCUT2D eigenvalue weighted by Crippen LogP contribution is -2.53. The molecule has 0 spiro atoms. The lowest BCUT2D eigenvalue weighted by atomic mass is 9.91. The summed E-state index contributed by atoms with van der Waals surface area (Å²) in [6.45, 7) is 13.7. The van der Waals surface area contributed by atoms with Gasteiger partial charge in [0.05, 0.1) is 5.92 Å². The van der Waals surface area contributed by atoms with Crippen molar-refractivity contribution >= 4 is 14.0 Å². The van der Waals surface area contributed by atoms with Crippen molar-refractivity contribution in [3.63, 3.8) is 0 Å². The van der Waals surface area contributed by atoms with Crippen LogP contribution in [0.1, 0.15) is 44.2 Å². The number of carbonyl (C=O) groups is 1. The molecule has 1 aliphatic heterocycles. The van der Waals surface area contributed by atoms with E-state index in [1.165, 1.54) is 24.0 Å². The summed E-state index contributed by atoms with van der Waals surface area (Å²) < 4.78 is 6.20. The molecule has 0 unspecified atom stereocenters. The second-order valence-corrected chi connectivity index (χ2v) is 14.1. The van der Waals surface area contributed by atoms with E-state index in [9.17, 15) is 4.79 Å². The maximum Gasteiger partial charge on any atom is 0.310 e. The summed E-state index contributed by atoms with van der Waals surface area (Å²) in [6, 6.07) is 8.71. The molecular formula is C20H30O2Si. The van der Waals surface area contributed by atoms with Crippen molar-refractivity contribution in [2.75, 3.05) is 0 Å². The van der Waals surface area contributed by atoms with Crippen molar-refractivity contribution < 1.29 is 9.53 Å². The first-order chi connectivity index (χ1) is 10.7. The monoisotopic (exact) mass is 330 g/mol. The maximum atomic E-state index is 12.7. The van der Waals surface area contributed by atoms with Gasteiger partial charge in [-0.1, -0.05) is 76.2 Å². The predicted molar refractivity (Wildman–Crippen MR) is 96.9 cm³/mol. The number of benzene rings is 1. The van der Waals surface area contributed by atoms with Gasteiger partial charge < -0.3 is 4.74 Å². The molecule has 1 heterocycles. The van der Waals surface area contributed by atoms with Crippen molar-refractivity contribution in [3.05, 3.63) is 35.4 Å². The average molecular weight is 331 g/mol. The van der Waals surface area contributed by atoms with Gasteiger partial charge in [-0.15, -0.1) is 0 Å². The van der Waals surface area contributed by atoms with E-state index in [0.717, 1.165) is 6.42 Å². The fourth-order valence-corrected chi connectivity index (χ4v) is 7.78. The Balaban J connectivity index is 2.08. The Morgan fingerprint density at radius 3 is 2.30 bits per heavy atom. The molecule has 1 aromatic rings. The van der Waals surface area contributed by atoms with Gasteiger partial charge in [0.15, 0.2) is 0 Å². The Morgan fingerprint density at radius 1 is 1.17 bits per heavy atom. The fraction of sp³-hybridized carbons (Fsp3) is 0.650. The van der Waals surface area contributed by atoms with Crippen LogP contribution >= 0.6 is 0 Å². The van der Waals surface area contributed by atoms with Crippen LogP contribution in [0.25, 0.3) is 0 Å². The van der Waals surface area contributed by atoms with Crippen LogP contribution < -0.4 is 0 Å². The number of fused-ring (bicyclic) bond motifs is 1. The third kappa shape index (κ3) is 2.23. The Labute approximate surface area is 141 Å². The Bertz CT molecular complexity index is 616. The van der Waals surface area contributed by atoms with Crippen molar-refractivity contribution in [1.29, 1.82) is 0 Å². The number of rotatable bonds is 5. The van der Waals surface area contributed by atoms with Gasteiger partial charge in [-0.3, -0.25) is 4.79 Å². The van der Waals surface area contributed by atoms with Crippen LogP contribution in [0.15, 0.2) is 24.3 Å². The van der Waals surface area contributed by atoms with Gasteiger partial charge in [-0.25, -0.2) is 0 Å². The van der Waals surface area contributed by atoms with Crippen LogP contribution in [-0.4, -0.2) is 14.0 Å². The zero-order valence-electron chi connectivity index (χ0n) is 15.4. The molecule has 1 saturated carbocycles. The molecular weight excluding hydrogens is 300 g/mol. The third-order valence-corrected chi connectivity index (χ3v) is 9.19. The quantitative estimate of drug-likeness (QED) is 0.557. The first-order valence-electron chi connectivity index (χ1n) is 8.98. The molecule has 2 aliphatic rings. The van der Waals surface area contributed by atoms with Gasteiger partial charge in [-0.05, 0) is 24.3 Å². The molecule has 0 amide bonds. The van der Waals surface area contributed by atoms with E-state index in [-0.39, 0.29) is 22.5 Å². The highest BCUT2D eigenvalue weighted by Crippen LogP contribution is 2.75. The number of hydrogen-bond acceptors (Lipinski definition) is 2. The molecule has 1 aromatic carbocycles. The molecule has 126 valence electrons. The van der Waals surface area contributed by atoms with E-state index in [1.54, 1.807) is 0 Å². The number of hydrogen-bond donors (Lipinski definition) is 0. The smallest absolute Gasteiger partial charge is 0.310 e. The molecule has 3 heteroatoms. The van der Waals surface area contributed by atoms with Crippen LogP contribution in [0, 0.1) is 24.2 Å². The SMILES string of the molecule is CCCC[C@@]1(C)[C@H]2[C@@H]1C(=O)O[C@]2(c1ccc(C)cc1)[Si](C)(C)C. The Hall–Kier alpha value is -1.09. The minimum atomic E-state index is -1.77. The summed E-state index contributed by atoms with van der Waals surface area (Å²) in [4.78, 5) is 12.7. The average Bonchev–Trinajstić information content (AvgIpc) is 2.93. The van der Waals surface area contributed by atoms with Crippen LogP contribution in [0.3, 0.4) is 0 Å². The van der Waals surface area contributed by atoms with E-state index in [2.05, 4.69) is 64.7 Å². The number of unbranched alkanes of at least 4 members (excludes halogenated alkanes) is 1. The van der Waals surface area contributed by atoms with Gasteiger partial charge in [0.1, 0.15) is 13.3 Å². The standard InChI is InChI=1S/C20H30O2Si/c1-7-8-13-19(3)16-17(19)20(22-18(16)21,23(4,5)6)15-11-9-14(2)10-12-15/h9-12,16-17H,7-8,13H2,1-6H3/t16-,17-,19-,20-/m1/s1. The minimum Gasteiger partial charge on any atom is -0.458 e. The number of ether oxygens (including phenoxy) is 1. The van der Waals surface area contributed by atoms with Gasteiger partial charge in [-0.2, -0.15) is 0 Å². The van der Waals surface area contributed by atoms with Crippen LogP contribution in [0.4, 0.5) is 0 Å². The molecule has 0 bridgehead atoms. The first kappa shape index (κ1) is 16.8. The number of cyclic esters (lactones) is 1. The van der Waals surface area contributed by atoms with Crippen molar-refractivity contribution in [3.8, 4) is 0 Å². The topological polar surface area (TPSA) is 26.3 Å². The molecule has 2 nitrogen and oxygen atoms in total. The molecule has 0 aromatic heterocycles. The number of esters is 1. The van der Waals surface area contributed by atoms with E-state index < -0.39 is 8.07 Å². The van der Waals surface area contributed by atoms with E-state index in [0.29, 0.717) is 5.92 Å². The molecule has 4 atom stereocenters. The summed E-state index contributed by atoms with van der Waals surface area (Å²) >= 11 is 0. The van der Waals surface area contributed by atoms with Crippen LogP contribution in [0.2, 0.25) is 19.6 Å². The largest absolute Gasteiger partial charge is 0.458 e. The first-order valence-corrected chi connectivity index (χ1v) is 12.5. The van der Waals surface area contributed by atoms with Crippen molar-refractivity contribution in [2.45, 2.75) is 64.9 Å². The van der Waals surface area contributed by atoms with E-state index >= 15 is 0 Å². The summed E-state index contributed by atoms with van der Waals surface area (Å²) in [5, 5.41) is -0.356. The third-order valence-electron chi connectivity index (χ3n) is 6.26. The number of aryl methyl sites for hydroxylation is 1. The highest BCUT2D eigenvalue weighted by molar-refractivity contribution is 6.79. The second kappa shape index (κ2) is 5.20. The zero-order valence-corrected chi connectivity index (χ0v) is 16.4. The lowest BCUT2D eigenvalue weighted by molar-refractivity contribution is -0.152. The molecule has 0 N–H and O–H groups in total. The fourth-order valence-electron chi connectivity index (χ4n) is 4.92. The zero-order chi connectivity index (χ0) is 17.0. The second-order valence-electron chi connectivity index (χ2n) is 8.84. The molecule has 3 rings (SSSR count). The minimum absolute atomic E-state index is 0.0524. The molecule has 0 radical (unpaired) electrons. The van der Waals surface area contributed by atoms with Gasteiger partial charge in [0, 0.05) is 5.92 Å². The Morgan fingerprint density at radius 2 is 1.78 bits per heavy atom. The van der Waals surface area contributed by atoms with E-state index in [4.69, 9.17) is 4.74 Å². The summed E-state index contributed by atoms with van der Waals surface area (Å²) in [5.41, 5.74) is 2.62. The number of carbonyl (C=O) groups excluding carboxylic acids is 1. The lowest BCUT2D eigenvalue weighted by Gasteiger charge is -2.43. The van der Waals surface area contributed by atoms with Gasteiger partial charge in [0.25, 0.3) is 0 Å². The molecule has 2 fully saturated rings. The van der Waals surface area contributed by atoms with Gasteiger partial charge >= 0.3 is 5.97 Å². The maximum absolute atomic E-state index is 12.7. The highest BCUT2D eigenvalue weighted by Gasteiger charge is 2.81. The highest BCUT2D eigenvalue weighted by atomic mass is 28.3. The molecule has 1 saturated heterocycles. The molecule has 1 aliphatic carbocycles. The van der Waals surface area contributed by atoms with E-state index in [1.807, 2.05) is 0 Å². The van der Waals surface area contributed by atoms with Gasteiger partial charge in [0.2, 0.25) is 0 Å². The van der Waals surface area contributed by atoms with Crippen LogP contribution in [0.5, 0.6) is 0 Å².